The van der Waals surface area contributed by atoms with Crippen LogP contribution in [0.2, 0.25) is 0 Å². The van der Waals surface area contributed by atoms with Gasteiger partial charge in [0.2, 0.25) is 0 Å². The molecule has 1 N–H and O–H groups in total. The summed E-state index contributed by atoms with van der Waals surface area (Å²) >= 11 is 3.44. The van der Waals surface area contributed by atoms with Crippen LogP contribution < -0.4 is 5.32 Å². The third-order valence-corrected chi connectivity index (χ3v) is 4.61. The van der Waals surface area contributed by atoms with Gasteiger partial charge in [0, 0.05) is 28.0 Å². The van der Waals surface area contributed by atoms with Gasteiger partial charge in [-0.05, 0) is 40.2 Å². The fourth-order valence-corrected chi connectivity index (χ4v) is 3.01. The molecule has 0 saturated heterocycles. The van der Waals surface area contributed by atoms with Crippen LogP contribution in [0.3, 0.4) is 0 Å². The maximum Gasteiger partial charge on any atom is 0.255 e. The van der Waals surface area contributed by atoms with E-state index in [1.54, 1.807) is 12.1 Å². The van der Waals surface area contributed by atoms with Crippen molar-refractivity contribution in [1.82, 2.24) is 9.38 Å². The first kappa shape index (κ1) is 15.6. The highest BCUT2D eigenvalue weighted by atomic mass is 79.9. The fraction of sp³-hybridized carbons (Fsp3) is 0. The Hall–Kier alpha value is -2.92. The van der Waals surface area contributed by atoms with Crippen molar-refractivity contribution in [3.63, 3.8) is 0 Å². The molecule has 0 aliphatic carbocycles. The summed E-state index contributed by atoms with van der Waals surface area (Å²) < 4.78 is 2.76. The van der Waals surface area contributed by atoms with E-state index >= 15 is 0 Å². The summed E-state index contributed by atoms with van der Waals surface area (Å²) in [6, 6.07) is 21.1. The Morgan fingerprint density at radius 1 is 1.00 bits per heavy atom. The minimum absolute atomic E-state index is 0.168. The summed E-state index contributed by atoms with van der Waals surface area (Å²) in [7, 11) is 0. The molecule has 25 heavy (non-hydrogen) atoms. The van der Waals surface area contributed by atoms with Gasteiger partial charge in [0.05, 0.1) is 11.4 Å². The quantitative estimate of drug-likeness (QED) is 0.533. The first-order valence-corrected chi connectivity index (χ1v) is 8.60. The number of nitrogens with one attached hydrogen (secondary N) is 1. The maximum absolute atomic E-state index is 12.5. The minimum Gasteiger partial charge on any atom is -0.321 e. The number of aromatic nitrogens is 2. The Bertz CT molecular complexity index is 1060. The van der Waals surface area contributed by atoms with E-state index in [1.807, 2.05) is 71.4 Å². The van der Waals surface area contributed by atoms with Crippen LogP contribution in [0.25, 0.3) is 16.9 Å². The highest BCUT2D eigenvalue weighted by Crippen LogP contribution is 2.23. The van der Waals surface area contributed by atoms with Gasteiger partial charge in [-0.1, -0.05) is 42.5 Å². The lowest BCUT2D eigenvalue weighted by molar-refractivity contribution is 0.102. The second kappa shape index (κ2) is 6.53. The van der Waals surface area contributed by atoms with Gasteiger partial charge < -0.3 is 9.72 Å². The lowest BCUT2D eigenvalue weighted by atomic mass is 10.2. The molecule has 0 spiro atoms. The van der Waals surface area contributed by atoms with Gasteiger partial charge in [-0.3, -0.25) is 4.79 Å². The van der Waals surface area contributed by atoms with Gasteiger partial charge in [0.1, 0.15) is 5.65 Å². The number of pyridine rings is 1. The van der Waals surface area contributed by atoms with Gasteiger partial charge in [-0.2, -0.15) is 0 Å². The largest absolute Gasteiger partial charge is 0.321 e. The van der Waals surface area contributed by atoms with Gasteiger partial charge in [0.25, 0.3) is 5.91 Å². The number of hydrogen-bond donors (Lipinski definition) is 1. The molecular formula is C20H14BrN3O. The number of imidazole rings is 1. The van der Waals surface area contributed by atoms with Gasteiger partial charge >= 0.3 is 0 Å². The average molecular weight is 392 g/mol. The van der Waals surface area contributed by atoms with Crippen molar-refractivity contribution >= 4 is 33.2 Å². The molecule has 0 unspecified atom stereocenters. The van der Waals surface area contributed by atoms with Crippen LogP contribution in [0.1, 0.15) is 10.4 Å². The molecule has 0 aliphatic rings. The van der Waals surface area contributed by atoms with Crippen LogP contribution >= 0.6 is 15.9 Å². The predicted octanol–water partition coefficient (Wildman–Crippen LogP) is 5.02. The number of halogens is 1. The number of rotatable bonds is 3. The van der Waals surface area contributed by atoms with Crippen molar-refractivity contribution in [1.29, 1.82) is 0 Å². The Morgan fingerprint density at radius 3 is 2.56 bits per heavy atom. The van der Waals surface area contributed by atoms with Crippen LogP contribution in [-0.2, 0) is 0 Å². The lowest BCUT2D eigenvalue weighted by Crippen LogP contribution is -2.12. The molecule has 0 aliphatic heterocycles. The standard InChI is InChI=1S/C20H14BrN3O/c21-16-8-4-5-9-17(16)23-20(25)15-10-11-24-13-18(22-19(24)12-15)14-6-2-1-3-7-14/h1-13H,(H,23,25). The number of benzene rings is 2. The Morgan fingerprint density at radius 2 is 1.76 bits per heavy atom. The molecule has 2 aromatic heterocycles. The maximum atomic E-state index is 12.5. The minimum atomic E-state index is -0.168. The van der Waals surface area contributed by atoms with E-state index in [0.29, 0.717) is 5.56 Å². The molecule has 0 fully saturated rings. The Labute approximate surface area is 153 Å². The topological polar surface area (TPSA) is 46.4 Å². The molecule has 4 nitrogen and oxygen atoms in total. The lowest BCUT2D eigenvalue weighted by Gasteiger charge is -2.07. The summed E-state index contributed by atoms with van der Waals surface area (Å²) in [6.45, 7) is 0. The molecule has 122 valence electrons. The number of para-hydroxylation sites is 1. The number of fused-ring (bicyclic) bond motifs is 1. The van der Waals surface area contributed by atoms with Gasteiger partial charge in [0.15, 0.2) is 0 Å². The third-order valence-electron chi connectivity index (χ3n) is 3.91. The molecule has 2 heterocycles. The highest BCUT2D eigenvalue weighted by Gasteiger charge is 2.11. The molecule has 5 heteroatoms. The van der Waals surface area contributed by atoms with Crippen LogP contribution in [-0.4, -0.2) is 15.3 Å². The average Bonchev–Trinajstić information content (AvgIpc) is 3.07. The van der Waals surface area contributed by atoms with Crippen LogP contribution in [0.15, 0.2) is 83.6 Å². The Kier molecular flexibility index (Phi) is 4.07. The fourth-order valence-electron chi connectivity index (χ4n) is 2.63. The first-order valence-electron chi connectivity index (χ1n) is 7.81. The second-order valence-electron chi connectivity index (χ2n) is 5.61. The van der Waals surface area contributed by atoms with Crippen molar-refractivity contribution in [2.45, 2.75) is 0 Å². The van der Waals surface area contributed by atoms with Crippen molar-refractivity contribution in [2.24, 2.45) is 0 Å². The van der Waals surface area contributed by atoms with Crippen LogP contribution in [0, 0.1) is 0 Å². The molecule has 0 bridgehead atoms. The Balaban J connectivity index is 1.65. The molecule has 0 atom stereocenters. The SMILES string of the molecule is O=C(Nc1ccccc1Br)c1ccn2cc(-c3ccccc3)nc2c1. The molecule has 1 amide bonds. The van der Waals surface area contributed by atoms with E-state index < -0.39 is 0 Å². The summed E-state index contributed by atoms with van der Waals surface area (Å²) in [5.41, 5.74) is 3.96. The van der Waals surface area contributed by atoms with Gasteiger partial charge in [-0.15, -0.1) is 0 Å². The molecule has 2 aromatic carbocycles. The number of carbonyl (C=O) groups is 1. The summed E-state index contributed by atoms with van der Waals surface area (Å²) in [4.78, 5) is 17.1. The number of carbonyl (C=O) groups excluding carboxylic acids is 1. The summed E-state index contributed by atoms with van der Waals surface area (Å²) in [5.74, 6) is -0.168. The summed E-state index contributed by atoms with van der Waals surface area (Å²) in [5, 5.41) is 2.91. The molecule has 4 aromatic rings. The second-order valence-corrected chi connectivity index (χ2v) is 6.46. The van der Waals surface area contributed by atoms with Crippen molar-refractivity contribution < 1.29 is 4.79 Å². The monoisotopic (exact) mass is 391 g/mol. The van der Waals surface area contributed by atoms with Crippen LogP contribution in [0.5, 0.6) is 0 Å². The zero-order valence-electron chi connectivity index (χ0n) is 13.2. The van der Waals surface area contributed by atoms with E-state index in [0.717, 1.165) is 27.1 Å². The van der Waals surface area contributed by atoms with Gasteiger partial charge in [-0.25, -0.2) is 4.98 Å². The van der Waals surface area contributed by atoms with E-state index in [4.69, 9.17) is 0 Å². The predicted molar refractivity (Wildman–Crippen MR) is 103 cm³/mol. The molecular weight excluding hydrogens is 378 g/mol. The highest BCUT2D eigenvalue weighted by molar-refractivity contribution is 9.10. The number of amides is 1. The van der Waals surface area contributed by atoms with Crippen molar-refractivity contribution in [2.75, 3.05) is 5.32 Å². The number of hydrogen-bond acceptors (Lipinski definition) is 2. The first-order chi connectivity index (χ1) is 12.2. The molecule has 0 radical (unpaired) electrons. The van der Waals surface area contributed by atoms with Crippen molar-refractivity contribution in [3.8, 4) is 11.3 Å². The third kappa shape index (κ3) is 3.19. The zero-order valence-corrected chi connectivity index (χ0v) is 14.8. The smallest absolute Gasteiger partial charge is 0.255 e. The molecule has 0 saturated carbocycles. The van der Waals surface area contributed by atoms with E-state index in [-0.39, 0.29) is 5.91 Å². The van der Waals surface area contributed by atoms with Crippen molar-refractivity contribution in [3.05, 3.63) is 89.2 Å². The normalized spacial score (nSPS) is 10.8. The molecule has 4 rings (SSSR count). The zero-order chi connectivity index (χ0) is 17.2. The number of anilines is 1. The van der Waals surface area contributed by atoms with E-state index in [9.17, 15) is 4.79 Å². The summed E-state index contributed by atoms with van der Waals surface area (Å²) in [6.07, 6.45) is 3.81. The van der Waals surface area contributed by atoms with E-state index in [1.165, 1.54) is 0 Å². The van der Waals surface area contributed by atoms with Crippen LogP contribution in [0.4, 0.5) is 5.69 Å². The van der Waals surface area contributed by atoms with E-state index in [2.05, 4.69) is 26.2 Å². The number of nitrogens with zero attached hydrogens (tertiary/aromatic N) is 2.